The Morgan fingerprint density at radius 3 is 2.42 bits per heavy atom. The van der Waals surface area contributed by atoms with Crippen molar-refractivity contribution < 1.29 is 27.5 Å². The molecule has 3 aromatic carbocycles. The highest BCUT2D eigenvalue weighted by Crippen LogP contribution is 2.38. The lowest BCUT2D eigenvalue weighted by molar-refractivity contribution is -0.137. The molecular weight excluding hydrogens is 451 g/mol. The number of hydrogen-bond donors (Lipinski definition) is 0. The fourth-order valence-corrected chi connectivity index (χ4v) is 4.05. The minimum Gasteiger partial charge on any atom is -0.489 e. The summed E-state index contributed by atoms with van der Waals surface area (Å²) in [6.45, 7) is 2.37. The first kappa shape index (κ1) is 22.7. The summed E-state index contributed by atoms with van der Waals surface area (Å²) in [5.74, 6) is -0.0864. The maximum absolute atomic E-state index is 13.0. The summed E-state index contributed by atoms with van der Waals surface area (Å²) in [6.07, 6.45) is -3.05. The van der Waals surface area contributed by atoms with E-state index in [1.165, 1.54) is 18.2 Å². The molecule has 1 aliphatic heterocycles. The van der Waals surface area contributed by atoms with E-state index in [9.17, 15) is 22.8 Å². The molecule has 3 aromatic rings. The monoisotopic (exact) mass is 469 g/mol. The zero-order valence-electron chi connectivity index (χ0n) is 17.4. The van der Waals surface area contributed by atoms with Gasteiger partial charge in [-0.05, 0) is 66.2 Å². The summed E-state index contributed by atoms with van der Waals surface area (Å²) >= 11 is 0.679. The number of benzene rings is 3. The fourth-order valence-electron chi connectivity index (χ4n) is 3.21. The summed E-state index contributed by atoms with van der Waals surface area (Å²) in [4.78, 5) is 26.1. The van der Waals surface area contributed by atoms with Gasteiger partial charge in [-0.1, -0.05) is 48.0 Å². The molecule has 0 radical (unpaired) electrons. The number of carbonyl (C=O) groups excluding carboxylic acids is 2. The number of aryl methyl sites for hydroxylation is 1. The van der Waals surface area contributed by atoms with Gasteiger partial charge < -0.3 is 4.74 Å². The van der Waals surface area contributed by atoms with Crippen LogP contribution in [0, 0.1) is 6.92 Å². The molecule has 0 aliphatic carbocycles. The van der Waals surface area contributed by atoms with Crippen molar-refractivity contribution in [1.29, 1.82) is 0 Å². The molecule has 4 rings (SSSR count). The van der Waals surface area contributed by atoms with Gasteiger partial charge in [0, 0.05) is 0 Å². The van der Waals surface area contributed by atoms with Gasteiger partial charge in [-0.2, -0.15) is 13.2 Å². The molecule has 1 saturated heterocycles. The van der Waals surface area contributed by atoms with E-state index >= 15 is 0 Å². The minimum atomic E-state index is -4.58. The average Bonchev–Trinajstić information content (AvgIpc) is 3.06. The Morgan fingerprint density at radius 1 is 0.970 bits per heavy atom. The van der Waals surface area contributed by atoms with Crippen LogP contribution in [0.25, 0.3) is 6.08 Å². The predicted octanol–water partition coefficient (Wildman–Crippen LogP) is 6.83. The molecule has 168 valence electrons. The number of hydrogen-bond acceptors (Lipinski definition) is 4. The van der Waals surface area contributed by atoms with Gasteiger partial charge in [-0.15, -0.1) is 0 Å². The van der Waals surface area contributed by atoms with Crippen LogP contribution in [0.5, 0.6) is 5.75 Å². The van der Waals surface area contributed by atoms with Crippen LogP contribution in [0.15, 0.2) is 77.7 Å². The molecule has 4 nitrogen and oxygen atoms in total. The largest absolute Gasteiger partial charge is 0.489 e. The summed E-state index contributed by atoms with van der Waals surface area (Å²) < 4.78 is 44.9. The fraction of sp³-hybridized carbons (Fsp3) is 0.120. The molecule has 0 aromatic heterocycles. The Morgan fingerprint density at radius 2 is 1.70 bits per heavy atom. The van der Waals surface area contributed by atoms with Crippen molar-refractivity contribution in [2.24, 2.45) is 0 Å². The van der Waals surface area contributed by atoms with E-state index in [-0.39, 0.29) is 10.6 Å². The van der Waals surface area contributed by atoms with Crippen molar-refractivity contribution in [2.45, 2.75) is 19.7 Å². The number of alkyl halides is 3. The van der Waals surface area contributed by atoms with E-state index in [4.69, 9.17) is 4.74 Å². The highest BCUT2D eigenvalue weighted by atomic mass is 32.2. The molecule has 1 fully saturated rings. The van der Waals surface area contributed by atoms with Crippen LogP contribution < -0.4 is 9.64 Å². The highest BCUT2D eigenvalue weighted by molar-refractivity contribution is 8.19. The van der Waals surface area contributed by atoms with E-state index in [1.807, 2.05) is 31.2 Å². The van der Waals surface area contributed by atoms with Crippen molar-refractivity contribution in [3.63, 3.8) is 0 Å². The molecule has 0 saturated carbocycles. The van der Waals surface area contributed by atoms with Crippen LogP contribution in [0.4, 0.5) is 23.7 Å². The minimum absolute atomic E-state index is 0.119. The molecule has 0 N–H and O–H groups in total. The standard InChI is InChI=1S/C25H18F3NO3S/c1-16-8-10-17(11-9-16)15-32-21-7-2-4-18(12-21)13-22-23(30)29(24(31)33-22)20-6-3-5-19(14-20)25(26,27)28/h2-14H,15H2,1H3/b22-13-. The van der Waals surface area contributed by atoms with Crippen LogP contribution >= 0.6 is 11.8 Å². The van der Waals surface area contributed by atoms with Crippen molar-refractivity contribution >= 4 is 34.7 Å². The highest BCUT2D eigenvalue weighted by Gasteiger charge is 2.38. The van der Waals surface area contributed by atoms with E-state index in [0.717, 1.165) is 28.2 Å². The Balaban J connectivity index is 1.52. The third kappa shape index (κ3) is 5.28. The summed E-state index contributed by atoms with van der Waals surface area (Å²) in [6, 6.07) is 19.1. The van der Waals surface area contributed by atoms with E-state index in [2.05, 4.69) is 0 Å². The maximum atomic E-state index is 13.0. The third-order valence-electron chi connectivity index (χ3n) is 4.91. The second kappa shape index (κ2) is 9.15. The lowest BCUT2D eigenvalue weighted by Gasteiger charge is -2.14. The normalized spacial score (nSPS) is 15.4. The van der Waals surface area contributed by atoms with Crippen molar-refractivity contribution in [2.75, 3.05) is 4.90 Å². The molecule has 33 heavy (non-hydrogen) atoms. The Bertz CT molecular complexity index is 1240. The molecule has 1 aliphatic rings. The van der Waals surface area contributed by atoms with Gasteiger partial charge in [-0.25, -0.2) is 4.90 Å². The number of carbonyl (C=O) groups is 2. The van der Waals surface area contributed by atoms with Gasteiger partial charge in [0.05, 0.1) is 16.2 Å². The van der Waals surface area contributed by atoms with Gasteiger partial charge >= 0.3 is 6.18 Å². The first-order valence-electron chi connectivity index (χ1n) is 9.94. The van der Waals surface area contributed by atoms with Crippen molar-refractivity contribution in [3.8, 4) is 5.75 Å². The first-order chi connectivity index (χ1) is 15.7. The summed E-state index contributed by atoms with van der Waals surface area (Å²) in [5.41, 5.74) is 1.74. The summed E-state index contributed by atoms with van der Waals surface area (Å²) in [5, 5.41) is -0.655. The van der Waals surface area contributed by atoms with Crippen molar-refractivity contribution in [3.05, 3.63) is 100.0 Å². The molecule has 1 heterocycles. The first-order valence-corrected chi connectivity index (χ1v) is 10.8. The Kier molecular flexibility index (Phi) is 6.29. The molecule has 8 heteroatoms. The molecule has 0 bridgehead atoms. The molecule has 0 atom stereocenters. The third-order valence-corrected chi connectivity index (χ3v) is 5.78. The zero-order valence-corrected chi connectivity index (χ0v) is 18.2. The van der Waals surface area contributed by atoms with Crippen LogP contribution in [0.1, 0.15) is 22.3 Å². The van der Waals surface area contributed by atoms with Gasteiger partial charge in [0.1, 0.15) is 12.4 Å². The van der Waals surface area contributed by atoms with Gasteiger partial charge in [0.2, 0.25) is 0 Å². The van der Waals surface area contributed by atoms with E-state index in [1.54, 1.807) is 24.3 Å². The van der Waals surface area contributed by atoms with Crippen LogP contribution in [0.3, 0.4) is 0 Å². The molecule has 0 unspecified atom stereocenters. The van der Waals surface area contributed by atoms with E-state index < -0.39 is 22.9 Å². The lowest BCUT2D eigenvalue weighted by atomic mass is 10.1. The number of rotatable bonds is 5. The van der Waals surface area contributed by atoms with Crippen LogP contribution in [0.2, 0.25) is 0 Å². The quantitative estimate of drug-likeness (QED) is 0.384. The SMILES string of the molecule is Cc1ccc(COc2cccc(/C=C3\SC(=O)N(c4cccc(C(F)(F)F)c4)C3=O)c2)cc1. The topological polar surface area (TPSA) is 46.6 Å². The zero-order chi connectivity index (χ0) is 23.6. The maximum Gasteiger partial charge on any atom is 0.416 e. The van der Waals surface area contributed by atoms with Crippen LogP contribution in [-0.2, 0) is 17.6 Å². The molecular formula is C25H18F3NO3S. The average molecular weight is 469 g/mol. The van der Waals surface area contributed by atoms with Crippen molar-refractivity contribution in [1.82, 2.24) is 0 Å². The van der Waals surface area contributed by atoms with Gasteiger partial charge in [0.25, 0.3) is 11.1 Å². The molecule has 0 spiro atoms. The van der Waals surface area contributed by atoms with Crippen LogP contribution in [-0.4, -0.2) is 11.1 Å². The number of amides is 2. The van der Waals surface area contributed by atoms with E-state index in [0.29, 0.717) is 29.7 Å². The number of nitrogens with zero attached hydrogens (tertiary/aromatic N) is 1. The number of ether oxygens (including phenoxy) is 1. The Labute approximate surface area is 192 Å². The predicted molar refractivity (Wildman–Crippen MR) is 122 cm³/mol. The number of anilines is 1. The van der Waals surface area contributed by atoms with Gasteiger partial charge in [0.15, 0.2) is 0 Å². The summed E-state index contributed by atoms with van der Waals surface area (Å²) in [7, 11) is 0. The second-order valence-electron chi connectivity index (χ2n) is 7.41. The number of halogens is 3. The Hall–Kier alpha value is -3.52. The number of thioether (sulfide) groups is 1. The lowest BCUT2D eigenvalue weighted by Crippen LogP contribution is -2.28. The van der Waals surface area contributed by atoms with Gasteiger partial charge in [-0.3, -0.25) is 9.59 Å². The smallest absolute Gasteiger partial charge is 0.416 e. The second-order valence-corrected chi connectivity index (χ2v) is 8.41. The molecule has 2 amide bonds. The number of imide groups is 1.